The van der Waals surface area contributed by atoms with Crippen molar-refractivity contribution in [3.05, 3.63) is 70.9 Å². The summed E-state index contributed by atoms with van der Waals surface area (Å²) in [5.74, 6) is -0.960. The lowest BCUT2D eigenvalue weighted by atomic mass is 9.90. The number of hydrazine groups is 1. The van der Waals surface area contributed by atoms with Crippen LogP contribution in [0.2, 0.25) is 5.02 Å². The van der Waals surface area contributed by atoms with Gasteiger partial charge in [-0.15, -0.1) is 0 Å². The van der Waals surface area contributed by atoms with Crippen molar-refractivity contribution < 1.29 is 14.2 Å². The monoisotopic (exact) mass is 395 g/mol. The van der Waals surface area contributed by atoms with E-state index < -0.39 is 5.92 Å². The Hall–Kier alpha value is -3.12. The van der Waals surface area contributed by atoms with Crippen LogP contribution >= 0.6 is 11.6 Å². The topological polar surface area (TPSA) is 55.7 Å². The average Bonchev–Trinajstić information content (AvgIpc) is 2.99. The van der Waals surface area contributed by atoms with Crippen molar-refractivity contribution in [2.45, 2.75) is 0 Å². The molecule has 1 N–H and O–H groups in total. The third kappa shape index (κ3) is 2.86. The quantitative estimate of drug-likeness (QED) is 0.811. The van der Waals surface area contributed by atoms with Crippen molar-refractivity contribution in [2.24, 2.45) is 5.92 Å². The summed E-state index contributed by atoms with van der Waals surface area (Å²) < 4.78 is 1.54. The first-order chi connectivity index (χ1) is 13.4. The SMILES string of the molecule is CN(C)c1cccc(C2=[N+](C)C(=O)C=C3NN(c4ccccc4Cl)C(=O)C32)c1. The second-order valence-corrected chi connectivity index (χ2v) is 7.40. The normalized spacial score (nSPS) is 18.8. The van der Waals surface area contributed by atoms with E-state index in [-0.39, 0.29) is 11.8 Å². The highest BCUT2D eigenvalue weighted by molar-refractivity contribution is 6.34. The van der Waals surface area contributed by atoms with Crippen LogP contribution < -0.4 is 15.3 Å². The third-order valence-electron chi connectivity index (χ3n) is 5.02. The van der Waals surface area contributed by atoms with Gasteiger partial charge in [0, 0.05) is 25.3 Å². The number of carbonyl (C=O) groups is 2. The molecule has 2 aromatic carbocycles. The first-order valence-electron chi connectivity index (χ1n) is 8.87. The van der Waals surface area contributed by atoms with E-state index in [4.69, 9.17) is 11.6 Å². The van der Waals surface area contributed by atoms with Gasteiger partial charge in [-0.25, -0.2) is 9.80 Å². The number of para-hydroxylation sites is 1. The van der Waals surface area contributed by atoms with E-state index >= 15 is 0 Å². The molecule has 1 saturated heterocycles. The number of fused-ring (bicyclic) bond motifs is 1. The van der Waals surface area contributed by atoms with E-state index in [0.29, 0.717) is 22.1 Å². The minimum absolute atomic E-state index is 0.177. The fraction of sp³-hybridized carbons (Fsp3) is 0.190. The molecular weight excluding hydrogens is 376 g/mol. The molecule has 28 heavy (non-hydrogen) atoms. The summed E-state index contributed by atoms with van der Waals surface area (Å²) in [6.45, 7) is 0. The molecule has 142 valence electrons. The molecule has 2 heterocycles. The van der Waals surface area contributed by atoms with Crippen molar-refractivity contribution in [3.8, 4) is 0 Å². The van der Waals surface area contributed by atoms with Gasteiger partial charge in [0.05, 0.1) is 22.5 Å². The van der Waals surface area contributed by atoms with Crippen molar-refractivity contribution in [1.82, 2.24) is 5.43 Å². The molecule has 0 radical (unpaired) electrons. The van der Waals surface area contributed by atoms with Gasteiger partial charge in [0.25, 0.3) is 5.91 Å². The number of benzene rings is 2. The van der Waals surface area contributed by atoms with Crippen LogP contribution in [0.1, 0.15) is 5.56 Å². The smallest absolute Gasteiger partial charge is 0.378 e. The first kappa shape index (κ1) is 18.3. The number of amides is 2. The van der Waals surface area contributed by atoms with Gasteiger partial charge < -0.3 is 4.90 Å². The van der Waals surface area contributed by atoms with Crippen LogP contribution in [0.4, 0.5) is 11.4 Å². The maximum Gasteiger partial charge on any atom is 0.414 e. The molecule has 1 fully saturated rings. The first-order valence-corrected chi connectivity index (χ1v) is 9.25. The highest BCUT2D eigenvalue weighted by atomic mass is 35.5. The van der Waals surface area contributed by atoms with E-state index in [1.165, 1.54) is 11.1 Å². The van der Waals surface area contributed by atoms with Gasteiger partial charge in [-0.05, 0) is 30.3 Å². The number of hydrogen-bond donors (Lipinski definition) is 1. The van der Waals surface area contributed by atoms with Crippen LogP contribution in [-0.4, -0.2) is 43.2 Å². The summed E-state index contributed by atoms with van der Waals surface area (Å²) in [7, 11) is 5.59. The van der Waals surface area contributed by atoms with Gasteiger partial charge in [-0.2, -0.15) is 4.58 Å². The number of nitrogens with one attached hydrogen (secondary N) is 1. The zero-order chi connectivity index (χ0) is 20.0. The number of halogens is 1. The predicted molar refractivity (Wildman–Crippen MR) is 110 cm³/mol. The molecule has 6 nitrogen and oxygen atoms in total. The Morgan fingerprint density at radius 3 is 2.57 bits per heavy atom. The molecule has 0 saturated carbocycles. The Balaban J connectivity index is 1.82. The van der Waals surface area contributed by atoms with Gasteiger partial charge in [0.1, 0.15) is 7.05 Å². The fourth-order valence-electron chi connectivity index (χ4n) is 3.55. The molecule has 0 bridgehead atoms. The van der Waals surface area contributed by atoms with E-state index in [1.807, 2.05) is 49.3 Å². The highest BCUT2D eigenvalue weighted by Crippen LogP contribution is 2.34. The van der Waals surface area contributed by atoms with Gasteiger partial charge in [-0.3, -0.25) is 10.2 Å². The van der Waals surface area contributed by atoms with E-state index in [2.05, 4.69) is 5.43 Å². The molecule has 2 aliphatic rings. The summed E-state index contributed by atoms with van der Waals surface area (Å²) >= 11 is 6.29. The largest absolute Gasteiger partial charge is 0.414 e. The number of nitrogens with zero attached hydrogens (tertiary/aromatic N) is 3. The van der Waals surface area contributed by atoms with Gasteiger partial charge >= 0.3 is 5.91 Å². The van der Waals surface area contributed by atoms with Crippen LogP contribution in [-0.2, 0) is 9.59 Å². The van der Waals surface area contributed by atoms with E-state index in [9.17, 15) is 9.59 Å². The molecule has 1 atom stereocenters. The lowest BCUT2D eigenvalue weighted by molar-refractivity contribution is -0.415. The lowest BCUT2D eigenvalue weighted by Crippen LogP contribution is -2.38. The Labute approximate surface area is 168 Å². The van der Waals surface area contributed by atoms with Crippen molar-refractivity contribution in [1.29, 1.82) is 0 Å². The zero-order valence-corrected chi connectivity index (χ0v) is 16.6. The molecule has 0 aromatic heterocycles. The molecule has 7 heteroatoms. The Bertz CT molecular complexity index is 1060. The standard InChI is InChI=1S/C21H19ClN4O2/c1-24(2)14-8-6-7-13(11-14)20-19-16(12-18(27)25(20)3)23-26(21(19)28)17-10-5-4-9-15(17)22/h4-12,19H,1-3H3/p+1. The maximum atomic E-state index is 13.3. The molecule has 2 aliphatic heterocycles. The van der Waals surface area contributed by atoms with Gasteiger partial charge in [-0.1, -0.05) is 29.8 Å². The minimum Gasteiger partial charge on any atom is -0.378 e. The lowest BCUT2D eigenvalue weighted by Gasteiger charge is -2.17. The average molecular weight is 396 g/mol. The Morgan fingerprint density at radius 2 is 1.86 bits per heavy atom. The second-order valence-electron chi connectivity index (χ2n) is 7.00. The Kier molecular flexibility index (Phi) is 4.43. The zero-order valence-electron chi connectivity index (χ0n) is 15.8. The Morgan fingerprint density at radius 1 is 1.11 bits per heavy atom. The highest BCUT2D eigenvalue weighted by Gasteiger charge is 2.49. The molecule has 2 aromatic rings. The van der Waals surface area contributed by atoms with E-state index in [0.717, 1.165) is 11.3 Å². The molecule has 4 rings (SSSR count). The summed E-state index contributed by atoms with van der Waals surface area (Å²) in [4.78, 5) is 27.9. The number of hydrogen-bond acceptors (Lipinski definition) is 4. The van der Waals surface area contributed by atoms with Crippen LogP contribution in [0, 0.1) is 5.92 Å². The summed E-state index contributed by atoms with van der Waals surface area (Å²) in [6.07, 6.45) is 1.47. The third-order valence-corrected chi connectivity index (χ3v) is 5.33. The van der Waals surface area contributed by atoms with Crippen LogP contribution in [0.5, 0.6) is 0 Å². The maximum absolute atomic E-state index is 13.3. The van der Waals surface area contributed by atoms with Gasteiger partial charge in [0.15, 0.2) is 5.92 Å². The predicted octanol–water partition coefficient (Wildman–Crippen LogP) is 2.43. The summed E-state index contributed by atoms with van der Waals surface area (Å²) in [5.41, 5.74) is 6.65. The van der Waals surface area contributed by atoms with Crippen LogP contribution in [0.3, 0.4) is 0 Å². The fourth-order valence-corrected chi connectivity index (χ4v) is 3.77. The van der Waals surface area contributed by atoms with Gasteiger partial charge in [0.2, 0.25) is 5.71 Å². The molecule has 0 aliphatic carbocycles. The number of anilines is 2. The molecular formula is C21H20ClN4O2+. The molecule has 2 amide bonds. The summed E-state index contributed by atoms with van der Waals surface area (Å²) in [6, 6.07) is 14.9. The van der Waals surface area contributed by atoms with Crippen molar-refractivity contribution in [3.63, 3.8) is 0 Å². The van der Waals surface area contributed by atoms with Crippen LogP contribution in [0.25, 0.3) is 0 Å². The minimum atomic E-state index is -0.601. The van der Waals surface area contributed by atoms with Crippen LogP contribution in [0.15, 0.2) is 60.3 Å². The van der Waals surface area contributed by atoms with E-state index in [1.54, 1.807) is 29.8 Å². The summed E-state index contributed by atoms with van der Waals surface area (Å²) in [5, 5.41) is 1.87. The number of likely N-dealkylation sites (N-methyl/N-ethyl adjacent to an activating group) is 1. The number of carbonyl (C=O) groups excluding carboxylic acids is 2. The second kappa shape index (κ2) is 6.80. The van der Waals surface area contributed by atoms with Crippen molar-refractivity contribution in [2.75, 3.05) is 31.1 Å². The molecule has 1 unspecified atom stereocenters. The number of rotatable bonds is 3. The van der Waals surface area contributed by atoms with Crippen molar-refractivity contribution >= 4 is 40.5 Å². The molecule has 0 spiro atoms.